The second-order valence-electron chi connectivity index (χ2n) is 8.30. The molecule has 6 nitrogen and oxygen atoms in total. The topological polar surface area (TPSA) is 71.3 Å². The lowest BCUT2D eigenvalue weighted by atomic mass is 10.1. The smallest absolute Gasteiger partial charge is 0.261 e. The first-order chi connectivity index (χ1) is 15.1. The Morgan fingerprint density at radius 3 is 2.61 bits per heavy atom. The molecular weight excluding hydrogens is 408 g/mol. The molecule has 31 heavy (non-hydrogen) atoms. The fourth-order valence-corrected chi connectivity index (χ4v) is 4.77. The zero-order valence-electron chi connectivity index (χ0n) is 18.3. The number of nitrogens with one attached hydrogen (secondary N) is 1. The van der Waals surface area contributed by atoms with Crippen molar-refractivity contribution in [2.45, 2.75) is 52.0 Å². The first-order valence-electron chi connectivity index (χ1n) is 11.1. The highest BCUT2D eigenvalue weighted by Gasteiger charge is 2.17. The zero-order valence-corrected chi connectivity index (χ0v) is 19.1. The largest absolute Gasteiger partial charge is 0.351 e. The third-order valence-corrected chi connectivity index (χ3v) is 6.97. The molecule has 2 aromatic heterocycles. The highest BCUT2D eigenvalue weighted by Crippen LogP contribution is 2.28. The van der Waals surface area contributed by atoms with E-state index in [1.807, 2.05) is 43.3 Å². The Morgan fingerprint density at radius 1 is 1.13 bits per heavy atom. The Hall–Kier alpha value is -2.51. The second-order valence-corrected chi connectivity index (χ2v) is 9.38. The van der Waals surface area contributed by atoms with E-state index in [9.17, 15) is 4.79 Å². The Kier molecular flexibility index (Phi) is 7.14. The number of hydrogen-bond acceptors (Lipinski definition) is 6. The quantitative estimate of drug-likeness (QED) is 0.552. The number of likely N-dealkylation sites (tertiary alicyclic amines) is 1. The van der Waals surface area contributed by atoms with Crippen molar-refractivity contribution in [1.29, 1.82) is 0 Å². The van der Waals surface area contributed by atoms with Gasteiger partial charge in [0.1, 0.15) is 0 Å². The Bertz CT molecular complexity index is 987. The predicted molar refractivity (Wildman–Crippen MR) is 124 cm³/mol. The highest BCUT2D eigenvalue weighted by atomic mass is 32.1. The van der Waals surface area contributed by atoms with Gasteiger partial charge in [0, 0.05) is 18.2 Å². The molecule has 0 bridgehead atoms. The molecule has 1 unspecified atom stereocenters. The van der Waals surface area contributed by atoms with Gasteiger partial charge < -0.3 is 14.7 Å². The van der Waals surface area contributed by atoms with Gasteiger partial charge in [-0.2, -0.15) is 4.98 Å². The van der Waals surface area contributed by atoms with Crippen LogP contribution in [0.5, 0.6) is 0 Å². The highest BCUT2D eigenvalue weighted by molar-refractivity contribution is 7.17. The van der Waals surface area contributed by atoms with Gasteiger partial charge in [0.2, 0.25) is 5.82 Å². The van der Waals surface area contributed by atoms with E-state index in [2.05, 4.69) is 27.3 Å². The molecule has 1 aliphatic heterocycles. The summed E-state index contributed by atoms with van der Waals surface area (Å²) in [6, 6.07) is 12.2. The third-order valence-electron chi connectivity index (χ3n) is 5.89. The van der Waals surface area contributed by atoms with Crippen molar-refractivity contribution >= 4 is 17.2 Å². The first kappa shape index (κ1) is 21.7. The summed E-state index contributed by atoms with van der Waals surface area (Å²) in [4.78, 5) is 21.1. The van der Waals surface area contributed by atoms with Crippen LogP contribution >= 0.6 is 11.3 Å². The number of nitrogens with zero attached hydrogens (tertiary/aromatic N) is 3. The lowest BCUT2D eigenvalue weighted by Crippen LogP contribution is -2.37. The van der Waals surface area contributed by atoms with Crippen LogP contribution in [0.1, 0.15) is 54.3 Å². The molecule has 3 aromatic rings. The lowest BCUT2D eigenvalue weighted by molar-refractivity contribution is 0.0952. The van der Waals surface area contributed by atoms with Crippen LogP contribution in [0.2, 0.25) is 0 Å². The van der Waals surface area contributed by atoms with Gasteiger partial charge in [-0.1, -0.05) is 35.7 Å². The summed E-state index contributed by atoms with van der Waals surface area (Å²) in [5.41, 5.74) is 2.07. The van der Waals surface area contributed by atoms with E-state index in [0.717, 1.165) is 16.9 Å². The number of rotatable bonds is 7. The van der Waals surface area contributed by atoms with Crippen LogP contribution < -0.4 is 5.32 Å². The van der Waals surface area contributed by atoms with Gasteiger partial charge in [0.05, 0.1) is 9.75 Å². The maximum Gasteiger partial charge on any atom is 0.261 e. The Labute approximate surface area is 187 Å². The van der Waals surface area contributed by atoms with E-state index in [0.29, 0.717) is 29.2 Å². The Balaban J connectivity index is 1.31. The zero-order chi connectivity index (χ0) is 21.6. The maximum atomic E-state index is 12.6. The maximum absolute atomic E-state index is 12.6. The summed E-state index contributed by atoms with van der Waals surface area (Å²) >= 11 is 1.39. The van der Waals surface area contributed by atoms with Crippen LogP contribution in [0.25, 0.3) is 22.2 Å². The molecule has 0 radical (unpaired) electrons. The SMILES string of the molecule is Cc1ccc(-c2nc(-c3ccc(C(=O)NCCC(C)N4CCCCCC4)s3)no2)cc1. The summed E-state index contributed by atoms with van der Waals surface area (Å²) in [7, 11) is 0. The molecule has 1 N–H and O–H groups in total. The molecule has 1 fully saturated rings. The number of carbonyl (C=O) groups is 1. The molecule has 1 aliphatic rings. The summed E-state index contributed by atoms with van der Waals surface area (Å²) in [5, 5.41) is 7.16. The average molecular weight is 439 g/mol. The van der Waals surface area contributed by atoms with Gasteiger partial charge in [-0.3, -0.25) is 4.79 Å². The fraction of sp³-hybridized carbons (Fsp3) is 0.458. The van der Waals surface area contributed by atoms with Crippen LogP contribution in [0.4, 0.5) is 0 Å². The molecule has 0 aliphatic carbocycles. The van der Waals surface area contributed by atoms with E-state index in [-0.39, 0.29) is 5.91 Å². The standard InChI is InChI=1S/C24H30N4O2S/c1-17-7-9-19(10-8-17)24-26-22(27-30-24)20-11-12-21(31-20)23(29)25-14-13-18(2)28-15-5-3-4-6-16-28/h7-12,18H,3-6,13-16H2,1-2H3,(H,25,29). The van der Waals surface area contributed by atoms with Crippen LogP contribution in [0.15, 0.2) is 40.9 Å². The van der Waals surface area contributed by atoms with Gasteiger partial charge in [0.25, 0.3) is 11.8 Å². The van der Waals surface area contributed by atoms with E-state index < -0.39 is 0 Å². The van der Waals surface area contributed by atoms with Crippen molar-refractivity contribution in [3.8, 4) is 22.2 Å². The van der Waals surface area contributed by atoms with Crippen LogP contribution in [0.3, 0.4) is 0 Å². The van der Waals surface area contributed by atoms with Crippen molar-refractivity contribution in [3.05, 3.63) is 46.8 Å². The number of aromatic nitrogens is 2. The molecule has 0 saturated carbocycles. The average Bonchev–Trinajstić information content (AvgIpc) is 3.38. The van der Waals surface area contributed by atoms with Gasteiger partial charge in [-0.05, 0) is 70.5 Å². The van der Waals surface area contributed by atoms with Crippen molar-refractivity contribution in [2.24, 2.45) is 0 Å². The summed E-state index contributed by atoms with van der Waals surface area (Å²) in [6.07, 6.45) is 6.22. The minimum absolute atomic E-state index is 0.0402. The van der Waals surface area contributed by atoms with E-state index in [1.165, 1.54) is 55.7 Å². The van der Waals surface area contributed by atoms with Crippen molar-refractivity contribution in [1.82, 2.24) is 20.4 Å². The molecule has 0 spiro atoms. The van der Waals surface area contributed by atoms with Gasteiger partial charge in [-0.25, -0.2) is 0 Å². The van der Waals surface area contributed by atoms with Crippen molar-refractivity contribution < 1.29 is 9.32 Å². The molecule has 4 rings (SSSR count). The Morgan fingerprint density at radius 2 is 1.87 bits per heavy atom. The molecule has 1 saturated heterocycles. The van der Waals surface area contributed by atoms with Crippen LogP contribution in [-0.4, -0.2) is 46.6 Å². The van der Waals surface area contributed by atoms with Crippen LogP contribution in [-0.2, 0) is 0 Å². The number of carbonyl (C=O) groups excluding carboxylic acids is 1. The molecule has 1 atom stereocenters. The molecule has 3 heterocycles. The molecule has 1 aromatic carbocycles. The number of hydrogen-bond donors (Lipinski definition) is 1. The van der Waals surface area contributed by atoms with Crippen molar-refractivity contribution in [2.75, 3.05) is 19.6 Å². The first-order valence-corrected chi connectivity index (χ1v) is 11.9. The number of benzene rings is 1. The summed E-state index contributed by atoms with van der Waals surface area (Å²) in [6.45, 7) is 7.35. The number of aryl methyl sites for hydroxylation is 1. The van der Waals surface area contributed by atoms with Crippen LogP contribution in [0, 0.1) is 6.92 Å². The third kappa shape index (κ3) is 5.60. The number of amides is 1. The summed E-state index contributed by atoms with van der Waals surface area (Å²) < 4.78 is 5.41. The minimum atomic E-state index is -0.0402. The molecule has 164 valence electrons. The minimum Gasteiger partial charge on any atom is -0.351 e. The summed E-state index contributed by atoms with van der Waals surface area (Å²) in [5.74, 6) is 0.952. The van der Waals surface area contributed by atoms with E-state index >= 15 is 0 Å². The fourth-order valence-electron chi connectivity index (χ4n) is 3.92. The lowest BCUT2D eigenvalue weighted by Gasteiger charge is -2.27. The van der Waals surface area contributed by atoms with Gasteiger partial charge >= 0.3 is 0 Å². The number of thiophene rings is 1. The molecule has 1 amide bonds. The molecule has 7 heteroatoms. The normalized spacial score (nSPS) is 16.1. The molecular formula is C24H30N4O2S. The monoisotopic (exact) mass is 438 g/mol. The van der Waals surface area contributed by atoms with Gasteiger partial charge in [-0.15, -0.1) is 11.3 Å². The van der Waals surface area contributed by atoms with Crippen molar-refractivity contribution in [3.63, 3.8) is 0 Å². The van der Waals surface area contributed by atoms with E-state index in [1.54, 1.807) is 0 Å². The van der Waals surface area contributed by atoms with Gasteiger partial charge in [0.15, 0.2) is 0 Å². The second kappa shape index (κ2) is 10.2. The predicted octanol–water partition coefficient (Wildman–Crippen LogP) is 5.16. The van der Waals surface area contributed by atoms with E-state index in [4.69, 9.17) is 4.52 Å².